The molecule has 0 aromatic heterocycles. The van der Waals surface area contributed by atoms with Gasteiger partial charge in [0.1, 0.15) is 0 Å². The van der Waals surface area contributed by atoms with Crippen molar-refractivity contribution in [3.05, 3.63) is 0 Å². The first-order chi connectivity index (χ1) is 8.18. The molecule has 18 heavy (non-hydrogen) atoms. The molecule has 1 saturated heterocycles. The van der Waals surface area contributed by atoms with Gasteiger partial charge >= 0.3 is 5.97 Å². The summed E-state index contributed by atoms with van der Waals surface area (Å²) < 4.78 is 4.54. The molecule has 1 N–H and O–H groups in total. The number of nitrogens with zero attached hydrogens (tertiary/aromatic N) is 1. The number of rotatable bonds is 3. The largest absolute Gasteiger partial charge is 0.467 e. The molecule has 5 nitrogen and oxygen atoms in total. The Labute approximate surface area is 108 Å². The number of esters is 1. The van der Waals surface area contributed by atoms with Gasteiger partial charge in [-0.15, -0.1) is 0 Å². The van der Waals surface area contributed by atoms with Crippen molar-refractivity contribution in [3.8, 4) is 0 Å². The van der Waals surface area contributed by atoms with Crippen molar-refractivity contribution in [2.75, 3.05) is 20.2 Å². The second-order valence-electron chi connectivity index (χ2n) is 5.99. The summed E-state index contributed by atoms with van der Waals surface area (Å²) in [6, 6.07) is 0. The van der Waals surface area contributed by atoms with E-state index in [0.29, 0.717) is 13.0 Å². The first-order valence-electron chi connectivity index (χ1n) is 6.26. The van der Waals surface area contributed by atoms with E-state index in [9.17, 15) is 14.7 Å². The first kappa shape index (κ1) is 15.0. The van der Waals surface area contributed by atoms with Crippen molar-refractivity contribution < 1.29 is 19.4 Å². The first-order valence-corrected chi connectivity index (χ1v) is 6.26. The maximum absolute atomic E-state index is 12.0. The molecule has 1 rings (SSSR count). The molecule has 0 aromatic carbocycles. The molecular formula is C13H23NO4. The van der Waals surface area contributed by atoms with Gasteiger partial charge in [0.25, 0.3) is 0 Å². The molecule has 0 aliphatic carbocycles. The van der Waals surface area contributed by atoms with Crippen molar-refractivity contribution in [1.82, 2.24) is 4.90 Å². The number of hydrogen-bond acceptors (Lipinski definition) is 4. The molecule has 104 valence electrons. The molecule has 0 bridgehead atoms. The van der Waals surface area contributed by atoms with E-state index in [1.54, 1.807) is 4.90 Å². The Morgan fingerprint density at radius 2 is 2.11 bits per heavy atom. The van der Waals surface area contributed by atoms with Crippen LogP contribution in [0.4, 0.5) is 0 Å². The summed E-state index contributed by atoms with van der Waals surface area (Å²) in [6.07, 6.45) is 2.17. The van der Waals surface area contributed by atoms with Crippen LogP contribution in [0.5, 0.6) is 0 Å². The van der Waals surface area contributed by atoms with Crippen LogP contribution in [0.25, 0.3) is 0 Å². The monoisotopic (exact) mass is 257 g/mol. The van der Waals surface area contributed by atoms with E-state index in [-0.39, 0.29) is 17.9 Å². The zero-order chi connectivity index (χ0) is 14.0. The fourth-order valence-corrected chi connectivity index (χ4v) is 2.11. The predicted molar refractivity (Wildman–Crippen MR) is 66.9 cm³/mol. The second kappa shape index (κ2) is 5.26. The summed E-state index contributed by atoms with van der Waals surface area (Å²) in [5.41, 5.74) is -1.51. The Bertz CT molecular complexity index is 336. The molecule has 0 radical (unpaired) electrons. The van der Waals surface area contributed by atoms with Crippen LogP contribution in [-0.2, 0) is 14.3 Å². The Morgan fingerprint density at radius 1 is 1.50 bits per heavy atom. The number of hydrogen-bond donors (Lipinski definition) is 1. The molecule has 1 amide bonds. The van der Waals surface area contributed by atoms with Crippen molar-refractivity contribution in [2.45, 2.75) is 45.6 Å². The number of ether oxygens (including phenoxy) is 1. The summed E-state index contributed by atoms with van der Waals surface area (Å²) in [6.45, 7) is 6.19. The highest BCUT2D eigenvalue weighted by Gasteiger charge is 2.37. The van der Waals surface area contributed by atoms with Crippen molar-refractivity contribution in [2.24, 2.45) is 5.41 Å². The lowest BCUT2D eigenvalue weighted by Gasteiger charge is -2.29. The Kier molecular flexibility index (Phi) is 4.37. The van der Waals surface area contributed by atoms with Crippen LogP contribution >= 0.6 is 0 Å². The number of carbonyl (C=O) groups is 2. The molecule has 1 unspecified atom stereocenters. The molecule has 0 spiro atoms. The fourth-order valence-electron chi connectivity index (χ4n) is 2.11. The van der Waals surface area contributed by atoms with E-state index in [1.807, 2.05) is 0 Å². The Hall–Kier alpha value is -1.10. The predicted octanol–water partition coefficient (Wildman–Crippen LogP) is 0.949. The third-order valence-electron chi connectivity index (χ3n) is 3.55. The van der Waals surface area contributed by atoms with Crippen LogP contribution < -0.4 is 0 Å². The molecular weight excluding hydrogens is 234 g/mol. The van der Waals surface area contributed by atoms with Crippen molar-refractivity contribution >= 4 is 11.9 Å². The third kappa shape index (κ3) is 3.70. The molecule has 0 aromatic rings. The van der Waals surface area contributed by atoms with Crippen LogP contribution in [0, 0.1) is 5.41 Å². The van der Waals surface area contributed by atoms with E-state index in [4.69, 9.17) is 0 Å². The smallest absolute Gasteiger partial charge is 0.339 e. The molecule has 5 heteroatoms. The number of β-amino-alcohol motifs (C(OH)–C–C–N with tert-alkyl or cyclic N) is 1. The SMILES string of the molecule is COC(=O)C(C)(O)CN1CCC(C)(C)CCC1=O. The summed E-state index contributed by atoms with van der Waals surface area (Å²) >= 11 is 0. The average Bonchev–Trinajstić information content (AvgIpc) is 2.41. The Morgan fingerprint density at radius 3 is 2.67 bits per heavy atom. The number of likely N-dealkylation sites (tertiary alicyclic amines) is 1. The van der Waals surface area contributed by atoms with Gasteiger partial charge in [-0.2, -0.15) is 0 Å². The average molecular weight is 257 g/mol. The van der Waals surface area contributed by atoms with Gasteiger partial charge in [-0.25, -0.2) is 4.79 Å². The van der Waals surface area contributed by atoms with Crippen molar-refractivity contribution in [3.63, 3.8) is 0 Å². The lowest BCUT2D eigenvalue weighted by atomic mass is 9.85. The summed E-state index contributed by atoms with van der Waals surface area (Å²) in [5.74, 6) is -0.719. The normalized spacial score (nSPS) is 23.2. The van der Waals surface area contributed by atoms with Crippen LogP contribution in [0.2, 0.25) is 0 Å². The van der Waals surface area contributed by atoms with Crippen LogP contribution in [-0.4, -0.2) is 47.7 Å². The van der Waals surface area contributed by atoms with E-state index >= 15 is 0 Å². The molecule has 1 heterocycles. The van der Waals surface area contributed by atoms with Crippen LogP contribution in [0.1, 0.15) is 40.0 Å². The van der Waals surface area contributed by atoms with E-state index in [1.165, 1.54) is 14.0 Å². The van der Waals surface area contributed by atoms with Gasteiger partial charge in [0.2, 0.25) is 5.91 Å². The van der Waals surface area contributed by atoms with Crippen molar-refractivity contribution in [1.29, 1.82) is 0 Å². The molecule has 1 aliphatic rings. The maximum Gasteiger partial charge on any atom is 0.339 e. The van der Waals surface area contributed by atoms with Gasteiger partial charge in [0.05, 0.1) is 13.7 Å². The van der Waals surface area contributed by atoms with Crippen LogP contribution in [0.15, 0.2) is 0 Å². The third-order valence-corrected chi connectivity index (χ3v) is 3.55. The highest BCUT2D eigenvalue weighted by molar-refractivity contribution is 5.81. The van der Waals surface area contributed by atoms with E-state index in [2.05, 4.69) is 18.6 Å². The fraction of sp³-hybridized carbons (Fsp3) is 0.846. The molecule has 1 aliphatic heterocycles. The van der Waals surface area contributed by atoms with Gasteiger partial charge in [0.15, 0.2) is 5.60 Å². The zero-order valence-corrected chi connectivity index (χ0v) is 11.7. The van der Waals surface area contributed by atoms with Gasteiger partial charge in [-0.05, 0) is 25.2 Å². The summed E-state index contributed by atoms with van der Waals surface area (Å²) in [7, 11) is 1.23. The lowest BCUT2D eigenvalue weighted by molar-refractivity contribution is -0.163. The minimum Gasteiger partial charge on any atom is -0.467 e. The molecule has 1 fully saturated rings. The second-order valence-corrected chi connectivity index (χ2v) is 5.99. The number of amides is 1. The highest BCUT2D eigenvalue weighted by atomic mass is 16.5. The minimum atomic E-state index is -1.64. The standard InChI is InChI=1S/C13H23NO4/c1-12(2)6-5-10(15)14(8-7-12)9-13(3,17)11(16)18-4/h17H,5-9H2,1-4H3. The van der Waals surface area contributed by atoms with E-state index in [0.717, 1.165) is 12.8 Å². The zero-order valence-electron chi connectivity index (χ0n) is 11.7. The number of methoxy groups -OCH3 is 1. The Balaban J connectivity index is 2.72. The summed E-state index contributed by atoms with van der Waals surface area (Å²) in [5, 5.41) is 10.0. The van der Waals surface area contributed by atoms with Gasteiger partial charge in [-0.1, -0.05) is 13.8 Å². The van der Waals surface area contributed by atoms with Gasteiger partial charge < -0.3 is 14.7 Å². The highest BCUT2D eigenvalue weighted by Crippen LogP contribution is 2.30. The molecule has 0 saturated carbocycles. The lowest BCUT2D eigenvalue weighted by Crippen LogP contribution is -2.49. The summed E-state index contributed by atoms with van der Waals surface area (Å²) in [4.78, 5) is 24.9. The van der Waals surface area contributed by atoms with Crippen LogP contribution in [0.3, 0.4) is 0 Å². The maximum atomic E-state index is 12.0. The quantitative estimate of drug-likeness (QED) is 0.764. The van der Waals surface area contributed by atoms with Gasteiger partial charge in [0, 0.05) is 13.0 Å². The van der Waals surface area contributed by atoms with E-state index < -0.39 is 11.6 Å². The topological polar surface area (TPSA) is 66.8 Å². The number of aliphatic hydroxyl groups is 1. The van der Waals surface area contributed by atoms with Gasteiger partial charge in [-0.3, -0.25) is 4.79 Å². The number of carbonyl (C=O) groups excluding carboxylic acids is 2. The molecule has 1 atom stereocenters. The minimum absolute atomic E-state index is 0.00537.